The number of nitrogens with zero attached hydrogens (tertiary/aromatic N) is 5. The second-order valence-electron chi connectivity index (χ2n) is 7.65. The summed E-state index contributed by atoms with van der Waals surface area (Å²) >= 11 is 0. The molecule has 1 saturated heterocycles. The third-order valence-electron chi connectivity index (χ3n) is 5.84. The Balaban J connectivity index is 1.29. The van der Waals surface area contributed by atoms with Crippen LogP contribution in [-0.4, -0.2) is 50.0 Å². The van der Waals surface area contributed by atoms with Gasteiger partial charge in [-0.3, -0.25) is 4.79 Å². The zero-order valence-electron chi connectivity index (χ0n) is 15.8. The van der Waals surface area contributed by atoms with Crippen molar-refractivity contribution in [2.45, 2.75) is 38.3 Å². The first-order chi connectivity index (χ1) is 13.8. The van der Waals surface area contributed by atoms with Gasteiger partial charge >= 0.3 is 0 Å². The number of aromatic nitrogens is 4. The van der Waals surface area contributed by atoms with Gasteiger partial charge in [-0.15, -0.1) is 0 Å². The van der Waals surface area contributed by atoms with Crippen LogP contribution in [0.25, 0.3) is 11.0 Å². The summed E-state index contributed by atoms with van der Waals surface area (Å²) in [7, 11) is 0. The molecular weight excluding hydrogens is 352 g/mol. The summed E-state index contributed by atoms with van der Waals surface area (Å²) in [6.45, 7) is 3.69. The van der Waals surface area contributed by atoms with Gasteiger partial charge in [0.25, 0.3) is 0 Å². The Morgan fingerprint density at radius 1 is 1.18 bits per heavy atom. The highest BCUT2D eigenvalue weighted by Crippen LogP contribution is 2.25. The van der Waals surface area contributed by atoms with Crippen molar-refractivity contribution in [2.24, 2.45) is 0 Å². The lowest BCUT2D eigenvalue weighted by molar-refractivity contribution is -0.132. The highest BCUT2D eigenvalue weighted by atomic mass is 16.2. The number of hydrogen-bond acceptors (Lipinski definition) is 5. The molecule has 0 radical (unpaired) electrons. The van der Waals surface area contributed by atoms with Crippen molar-refractivity contribution in [2.75, 3.05) is 19.6 Å². The van der Waals surface area contributed by atoms with Gasteiger partial charge in [0.2, 0.25) is 5.91 Å². The van der Waals surface area contributed by atoms with E-state index in [1.165, 1.54) is 0 Å². The summed E-state index contributed by atoms with van der Waals surface area (Å²) in [5.41, 5.74) is 4.09. The Morgan fingerprint density at radius 3 is 2.93 bits per heavy atom. The standard InChI is InChI=1S/C21H24N6O/c28-20(13-27-14-24-18-3-1-2-4-19(18)27)26-10-7-17-16(12-26)11-23-21(25-17)15-5-8-22-9-6-15/h1-4,11,14-15,22H,5-10,12-13H2. The van der Waals surface area contributed by atoms with Gasteiger partial charge in [-0.05, 0) is 38.1 Å². The Morgan fingerprint density at radius 2 is 2.04 bits per heavy atom. The molecule has 0 bridgehead atoms. The molecular formula is C21H24N6O. The van der Waals surface area contributed by atoms with E-state index in [1.54, 1.807) is 6.33 Å². The third kappa shape index (κ3) is 3.26. The summed E-state index contributed by atoms with van der Waals surface area (Å²) in [6.07, 6.45) is 6.68. The number of imidazole rings is 1. The number of carbonyl (C=O) groups is 1. The molecule has 2 aliphatic rings. The minimum absolute atomic E-state index is 0.108. The van der Waals surface area contributed by atoms with E-state index in [4.69, 9.17) is 4.98 Å². The molecule has 0 aliphatic carbocycles. The average molecular weight is 376 g/mol. The number of piperidine rings is 1. The van der Waals surface area contributed by atoms with Crippen LogP contribution in [0.5, 0.6) is 0 Å². The fourth-order valence-corrected chi connectivity index (χ4v) is 4.20. The number of para-hydroxylation sites is 2. The van der Waals surface area contributed by atoms with Crippen LogP contribution in [0.2, 0.25) is 0 Å². The summed E-state index contributed by atoms with van der Waals surface area (Å²) < 4.78 is 1.92. The second-order valence-corrected chi connectivity index (χ2v) is 7.65. The molecule has 144 valence electrons. The fourth-order valence-electron chi connectivity index (χ4n) is 4.20. The van der Waals surface area contributed by atoms with Crippen LogP contribution in [0.1, 0.15) is 35.8 Å². The fraction of sp³-hybridized carbons (Fsp3) is 0.429. The Hall–Kier alpha value is -2.80. The zero-order valence-corrected chi connectivity index (χ0v) is 15.8. The Labute approximate surface area is 163 Å². The maximum absolute atomic E-state index is 12.9. The number of benzene rings is 1. The van der Waals surface area contributed by atoms with E-state index >= 15 is 0 Å². The van der Waals surface area contributed by atoms with Crippen LogP contribution < -0.4 is 5.32 Å². The largest absolute Gasteiger partial charge is 0.336 e. The molecule has 2 aromatic heterocycles. The minimum atomic E-state index is 0.108. The van der Waals surface area contributed by atoms with Gasteiger partial charge in [0.05, 0.1) is 23.1 Å². The van der Waals surface area contributed by atoms with Crippen molar-refractivity contribution in [1.82, 2.24) is 29.7 Å². The predicted molar refractivity (Wildman–Crippen MR) is 106 cm³/mol. The molecule has 28 heavy (non-hydrogen) atoms. The average Bonchev–Trinajstić information content (AvgIpc) is 3.16. The van der Waals surface area contributed by atoms with Gasteiger partial charge in [0.1, 0.15) is 12.4 Å². The van der Waals surface area contributed by atoms with Crippen LogP contribution in [0.3, 0.4) is 0 Å². The van der Waals surface area contributed by atoms with Crippen LogP contribution >= 0.6 is 0 Å². The number of amides is 1. The smallest absolute Gasteiger partial charge is 0.242 e. The van der Waals surface area contributed by atoms with Crippen molar-refractivity contribution < 1.29 is 4.79 Å². The van der Waals surface area contributed by atoms with E-state index in [0.717, 1.165) is 60.5 Å². The first-order valence-corrected chi connectivity index (χ1v) is 10.0. The Kier molecular flexibility index (Phi) is 4.52. The number of hydrogen-bond donors (Lipinski definition) is 1. The molecule has 0 unspecified atom stereocenters. The highest BCUT2D eigenvalue weighted by Gasteiger charge is 2.25. The van der Waals surface area contributed by atoms with Gasteiger partial charge in [-0.2, -0.15) is 0 Å². The number of nitrogens with one attached hydrogen (secondary N) is 1. The van der Waals surface area contributed by atoms with Gasteiger partial charge < -0.3 is 14.8 Å². The lowest BCUT2D eigenvalue weighted by Crippen LogP contribution is -2.38. The second kappa shape index (κ2) is 7.31. The maximum Gasteiger partial charge on any atom is 0.242 e. The SMILES string of the molecule is O=C(Cn1cnc2ccccc21)N1CCc2nc(C3CCNCC3)ncc2C1. The lowest BCUT2D eigenvalue weighted by Gasteiger charge is -2.29. The highest BCUT2D eigenvalue weighted by molar-refractivity contribution is 5.80. The number of fused-ring (bicyclic) bond motifs is 2. The van der Waals surface area contributed by atoms with Crippen LogP contribution in [0, 0.1) is 0 Å². The molecule has 0 saturated carbocycles. The summed E-state index contributed by atoms with van der Waals surface area (Å²) in [5.74, 6) is 1.54. The van der Waals surface area contributed by atoms with Crippen LogP contribution in [-0.2, 0) is 24.3 Å². The van der Waals surface area contributed by atoms with E-state index in [0.29, 0.717) is 25.6 Å². The van der Waals surface area contributed by atoms with Crippen LogP contribution in [0.4, 0.5) is 0 Å². The van der Waals surface area contributed by atoms with E-state index in [2.05, 4.69) is 15.3 Å². The monoisotopic (exact) mass is 376 g/mol. The molecule has 7 heteroatoms. The van der Waals surface area contributed by atoms with Gasteiger partial charge in [-0.1, -0.05) is 12.1 Å². The van der Waals surface area contributed by atoms with E-state index in [1.807, 2.05) is 39.9 Å². The summed E-state index contributed by atoms with van der Waals surface area (Å²) in [6, 6.07) is 7.89. The molecule has 7 nitrogen and oxygen atoms in total. The molecule has 1 amide bonds. The van der Waals surface area contributed by atoms with Crippen molar-refractivity contribution in [3.8, 4) is 0 Å². The minimum Gasteiger partial charge on any atom is -0.336 e. The zero-order chi connectivity index (χ0) is 18.9. The first-order valence-electron chi connectivity index (χ1n) is 10.0. The van der Waals surface area contributed by atoms with Gasteiger partial charge in [-0.25, -0.2) is 15.0 Å². The topological polar surface area (TPSA) is 75.9 Å². The number of carbonyl (C=O) groups excluding carboxylic acids is 1. The van der Waals surface area contributed by atoms with E-state index in [9.17, 15) is 4.79 Å². The normalized spacial score (nSPS) is 17.6. The van der Waals surface area contributed by atoms with Crippen molar-refractivity contribution in [3.63, 3.8) is 0 Å². The van der Waals surface area contributed by atoms with Gasteiger partial charge in [0.15, 0.2) is 0 Å². The molecule has 3 aromatic rings. The molecule has 5 rings (SSSR count). The van der Waals surface area contributed by atoms with Crippen molar-refractivity contribution in [1.29, 1.82) is 0 Å². The molecule has 1 fully saturated rings. The third-order valence-corrected chi connectivity index (χ3v) is 5.84. The van der Waals surface area contributed by atoms with Crippen molar-refractivity contribution >= 4 is 16.9 Å². The molecule has 4 heterocycles. The Bertz CT molecular complexity index is 1010. The van der Waals surface area contributed by atoms with E-state index in [-0.39, 0.29) is 5.91 Å². The van der Waals surface area contributed by atoms with Crippen molar-refractivity contribution in [3.05, 3.63) is 53.9 Å². The predicted octanol–water partition coefficient (Wildman–Crippen LogP) is 1.88. The molecule has 0 spiro atoms. The van der Waals surface area contributed by atoms with E-state index < -0.39 is 0 Å². The number of rotatable bonds is 3. The first kappa shape index (κ1) is 17.3. The quantitative estimate of drug-likeness (QED) is 0.755. The lowest BCUT2D eigenvalue weighted by atomic mass is 9.96. The molecule has 1 aromatic carbocycles. The van der Waals surface area contributed by atoms with Gasteiger partial charge in [0, 0.05) is 37.2 Å². The maximum atomic E-state index is 12.9. The molecule has 2 aliphatic heterocycles. The molecule has 0 atom stereocenters. The van der Waals surface area contributed by atoms with Crippen LogP contribution in [0.15, 0.2) is 36.8 Å². The summed E-state index contributed by atoms with van der Waals surface area (Å²) in [5, 5.41) is 3.39. The summed E-state index contributed by atoms with van der Waals surface area (Å²) in [4.78, 5) is 28.6. The molecule has 1 N–H and O–H groups in total.